The van der Waals surface area contributed by atoms with Crippen LogP contribution in [0.2, 0.25) is 0 Å². The van der Waals surface area contributed by atoms with Gasteiger partial charge in [0.05, 0.1) is 6.10 Å². The maximum Gasteiger partial charge on any atom is 0.0670 e. The molecule has 1 aliphatic rings. The Kier molecular flexibility index (Phi) is 7.64. The van der Waals surface area contributed by atoms with Gasteiger partial charge in [-0.15, -0.1) is 6.58 Å². The number of hydrogen-bond acceptors (Lipinski definition) is 3. The summed E-state index contributed by atoms with van der Waals surface area (Å²) in [6.45, 7) is 10.1. The zero-order chi connectivity index (χ0) is 15.6. The van der Waals surface area contributed by atoms with Gasteiger partial charge in [-0.05, 0) is 37.8 Å². The summed E-state index contributed by atoms with van der Waals surface area (Å²) in [5.74, 6) is 0. The zero-order valence-electron chi connectivity index (χ0n) is 13.7. The number of aliphatic hydroxyl groups is 1. The summed E-state index contributed by atoms with van der Waals surface area (Å²) in [5.41, 5.74) is 1.44. The number of β-amino-alcohol motifs (C(OH)–C–C–N with tert-alkyl or cyclic N) is 1. The monoisotopic (exact) mass is 302 g/mol. The van der Waals surface area contributed by atoms with Crippen LogP contribution in [0, 0.1) is 0 Å². The Balaban J connectivity index is 1.58. The normalized spacial score (nSPS) is 18.2. The van der Waals surface area contributed by atoms with Crippen molar-refractivity contribution in [3.05, 3.63) is 48.6 Å². The van der Waals surface area contributed by atoms with Crippen molar-refractivity contribution in [3.63, 3.8) is 0 Å². The molecule has 3 heteroatoms. The standard InChI is InChI=1S/C19H30N2O/c1-2-3-11-19(22)17-21-15-13-20(14-16-21)12-7-10-18-8-5-4-6-9-18/h2,4-6,8-9,19,22H,1,3,7,10-17H2. The van der Waals surface area contributed by atoms with E-state index in [4.69, 9.17) is 0 Å². The van der Waals surface area contributed by atoms with Crippen LogP contribution in [-0.2, 0) is 6.42 Å². The Labute approximate surface area is 135 Å². The molecular weight excluding hydrogens is 272 g/mol. The number of aryl methyl sites for hydroxylation is 1. The lowest BCUT2D eigenvalue weighted by molar-refractivity contribution is 0.0689. The van der Waals surface area contributed by atoms with Crippen molar-refractivity contribution >= 4 is 0 Å². The minimum atomic E-state index is -0.206. The molecular formula is C19H30N2O. The topological polar surface area (TPSA) is 26.7 Å². The molecule has 0 aliphatic carbocycles. The van der Waals surface area contributed by atoms with E-state index in [-0.39, 0.29) is 6.10 Å². The Morgan fingerprint density at radius 2 is 1.77 bits per heavy atom. The molecule has 1 fully saturated rings. The third-order valence-electron chi connectivity index (χ3n) is 4.42. The average Bonchev–Trinajstić information content (AvgIpc) is 2.55. The van der Waals surface area contributed by atoms with Crippen LogP contribution in [0.1, 0.15) is 24.8 Å². The van der Waals surface area contributed by atoms with E-state index in [0.717, 1.165) is 45.6 Å². The lowest BCUT2D eigenvalue weighted by Crippen LogP contribution is -2.48. The van der Waals surface area contributed by atoms with Gasteiger partial charge in [-0.1, -0.05) is 36.4 Å². The molecule has 0 radical (unpaired) electrons. The summed E-state index contributed by atoms with van der Waals surface area (Å²) < 4.78 is 0. The summed E-state index contributed by atoms with van der Waals surface area (Å²) >= 11 is 0. The Morgan fingerprint density at radius 3 is 2.45 bits per heavy atom. The van der Waals surface area contributed by atoms with Gasteiger partial charge in [-0.2, -0.15) is 0 Å². The first kappa shape index (κ1) is 17.2. The summed E-state index contributed by atoms with van der Waals surface area (Å²) in [6.07, 6.45) is 5.81. The molecule has 22 heavy (non-hydrogen) atoms. The number of aliphatic hydroxyl groups excluding tert-OH is 1. The van der Waals surface area contributed by atoms with Crippen LogP contribution in [0.3, 0.4) is 0 Å². The van der Waals surface area contributed by atoms with Crippen molar-refractivity contribution in [2.24, 2.45) is 0 Å². The van der Waals surface area contributed by atoms with Gasteiger partial charge < -0.3 is 10.0 Å². The predicted molar refractivity (Wildman–Crippen MR) is 93.1 cm³/mol. The molecule has 0 aromatic heterocycles. The lowest BCUT2D eigenvalue weighted by Gasteiger charge is -2.35. The van der Waals surface area contributed by atoms with Gasteiger partial charge in [0.25, 0.3) is 0 Å². The van der Waals surface area contributed by atoms with Crippen molar-refractivity contribution in [2.45, 2.75) is 31.8 Å². The molecule has 2 rings (SSSR count). The van der Waals surface area contributed by atoms with Gasteiger partial charge in [-0.3, -0.25) is 4.90 Å². The van der Waals surface area contributed by atoms with Crippen molar-refractivity contribution < 1.29 is 5.11 Å². The SMILES string of the molecule is C=CCCC(O)CN1CCN(CCCc2ccccc2)CC1. The first-order chi connectivity index (χ1) is 10.8. The molecule has 1 saturated heterocycles. The second kappa shape index (κ2) is 9.78. The van der Waals surface area contributed by atoms with Crippen LogP contribution in [-0.4, -0.2) is 60.3 Å². The Bertz CT molecular complexity index is 413. The molecule has 1 heterocycles. The first-order valence-corrected chi connectivity index (χ1v) is 8.55. The van der Waals surface area contributed by atoms with Crippen molar-refractivity contribution in [3.8, 4) is 0 Å². The van der Waals surface area contributed by atoms with E-state index < -0.39 is 0 Å². The van der Waals surface area contributed by atoms with E-state index in [2.05, 4.69) is 46.7 Å². The fraction of sp³-hybridized carbons (Fsp3) is 0.579. The molecule has 0 amide bonds. The van der Waals surface area contributed by atoms with E-state index in [9.17, 15) is 5.11 Å². The van der Waals surface area contributed by atoms with E-state index >= 15 is 0 Å². The van der Waals surface area contributed by atoms with Gasteiger partial charge in [0.15, 0.2) is 0 Å². The minimum absolute atomic E-state index is 0.206. The molecule has 1 N–H and O–H groups in total. The maximum absolute atomic E-state index is 9.96. The van der Waals surface area contributed by atoms with E-state index in [0.29, 0.717) is 0 Å². The minimum Gasteiger partial charge on any atom is -0.392 e. The largest absolute Gasteiger partial charge is 0.392 e. The van der Waals surface area contributed by atoms with Crippen LogP contribution < -0.4 is 0 Å². The van der Waals surface area contributed by atoms with E-state index in [1.807, 2.05) is 6.08 Å². The third kappa shape index (κ3) is 6.30. The number of nitrogens with zero attached hydrogens (tertiary/aromatic N) is 2. The average molecular weight is 302 g/mol. The van der Waals surface area contributed by atoms with Gasteiger partial charge in [-0.25, -0.2) is 0 Å². The summed E-state index contributed by atoms with van der Waals surface area (Å²) in [7, 11) is 0. The first-order valence-electron chi connectivity index (χ1n) is 8.55. The van der Waals surface area contributed by atoms with Crippen LogP contribution in [0.25, 0.3) is 0 Å². The number of benzene rings is 1. The second-order valence-electron chi connectivity index (χ2n) is 6.25. The highest BCUT2D eigenvalue weighted by molar-refractivity contribution is 5.14. The van der Waals surface area contributed by atoms with Gasteiger partial charge >= 0.3 is 0 Å². The third-order valence-corrected chi connectivity index (χ3v) is 4.42. The highest BCUT2D eigenvalue weighted by Crippen LogP contribution is 2.08. The smallest absolute Gasteiger partial charge is 0.0670 e. The lowest BCUT2D eigenvalue weighted by atomic mass is 10.1. The van der Waals surface area contributed by atoms with E-state index in [1.54, 1.807) is 0 Å². The van der Waals surface area contributed by atoms with Crippen molar-refractivity contribution in [1.82, 2.24) is 9.80 Å². The second-order valence-corrected chi connectivity index (χ2v) is 6.25. The Morgan fingerprint density at radius 1 is 1.09 bits per heavy atom. The summed E-state index contributed by atoms with van der Waals surface area (Å²) in [4.78, 5) is 4.94. The molecule has 1 aromatic rings. The summed E-state index contributed by atoms with van der Waals surface area (Å²) in [5, 5.41) is 9.96. The molecule has 122 valence electrons. The zero-order valence-corrected chi connectivity index (χ0v) is 13.7. The molecule has 1 aliphatic heterocycles. The van der Waals surface area contributed by atoms with Crippen molar-refractivity contribution in [1.29, 1.82) is 0 Å². The van der Waals surface area contributed by atoms with E-state index in [1.165, 1.54) is 24.9 Å². The number of rotatable bonds is 9. The molecule has 0 saturated carbocycles. The van der Waals surface area contributed by atoms with Crippen LogP contribution in [0.15, 0.2) is 43.0 Å². The van der Waals surface area contributed by atoms with Crippen molar-refractivity contribution in [2.75, 3.05) is 39.3 Å². The van der Waals surface area contributed by atoms with Gasteiger partial charge in [0.1, 0.15) is 0 Å². The Hall–Kier alpha value is -1.16. The highest BCUT2D eigenvalue weighted by atomic mass is 16.3. The highest BCUT2D eigenvalue weighted by Gasteiger charge is 2.18. The number of hydrogen-bond donors (Lipinski definition) is 1. The molecule has 1 atom stereocenters. The molecule has 0 spiro atoms. The van der Waals surface area contributed by atoms with Gasteiger partial charge in [0, 0.05) is 32.7 Å². The molecule has 0 bridgehead atoms. The quantitative estimate of drug-likeness (QED) is 0.710. The molecule has 3 nitrogen and oxygen atoms in total. The number of piperazine rings is 1. The predicted octanol–water partition coefficient (Wildman–Crippen LogP) is 2.56. The summed E-state index contributed by atoms with van der Waals surface area (Å²) in [6, 6.07) is 10.7. The van der Waals surface area contributed by atoms with Gasteiger partial charge in [0.2, 0.25) is 0 Å². The molecule has 1 unspecified atom stereocenters. The molecule has 1 aromatic carbocycles. The number of allylic oxidation sites excluding steroid dienone is 1. The fourth-order valence-electron chi connectivity index (χ4n) is 3.05. The van der Waals surface area contributed by atoms with Crippen LogP contribution >= 0.6 is 0 Å². The van der Waals surface area contributed by atoms with Crippen LogP contribution in [0.4, 0.5) is 0 Å². The van der Waals surface area contributed by atoms with Crippen LogP contribution in [0.5, 0.6) is 0 Å². The fourth-order valence-corrected chi connectivity index (χ4v) is 3.05. The maximum atomic E-state index is 9.96.